The minimum absolute atomic E-state index is 0.376. The molecule has 0 aromatic carbocycles. The van der Waals surface area contributed by atoms with Crippen molar-refractivity contribution in [1.29, 1.82) is 0 Å². The van der Waals surface area contributed by atoms with Crippen LogP contribution in [0.5, 0.6) is 0 Å². The lowest BCUT2D eigenvalue weighted by molar-refractivity contribution is 0.591. The Morgan fingerprint density at radius 2 is 2.00 bits per heavy atom. The third kappa shape index (κ3) is 2.05. The van der Waals surface area contributed by atoms with Crippen LogP contribution in [0.2, 0.25) is 24.7 Å². The van der Waals surface area contributed by atoms with E-state index >= 15 is 0 Å². The molecule has 4 heteroatoms. The second-order valence-corrected chi connectivity index (χ2v) is 9.22. The molecule has 0 radical (unpaired) electrons. The molecule has 0 spiro atoms. The lowest BCUT2D eigenvalue weighted by Gasteiger charge is -2.16. The van der Waals surface area contributed by atoms with E-state index in [-0.39, 0.29) is 5.95 Å². The zero-order valence-corrected chi connectivity index (χ0v) is 9.11. The summed E-state index contributed by atoms with van der Waals surface area (Å²) in [6.45, 7) is 6.18. The molecule has 1 heterocycles. The van der Waals surface area contributed by atoms with Crippen LogP contribution in [0, 0.1) is 5.95 Å². The Morgan fingerprint density at radius 3 is 2.42 bits per heavy atom. The Balaban J connectivity index is 3.23. The first kappa shape index (κ1) is 9.67. The smallest absolute Gasteiger partial charge is 0.212 e. The lowest BCUT2D eigenvalue weighted by Crippen LogP contribution is -2.40. The van der Waals surface area contributed by atoms with Gasteiger partial charge in [-0.25, -0.2) is 4.98 Å². The van der Waals surface area contributed by atoms with Crippen molar-refractivity contribution in [3.8, 4) is 0 Å². The number of rotatable bonds is 1. The standard InChI is InChI=1S/C8H11ClFNSi/c1-12(2,3)7-4-6(9)5-11-8(7)10/h4-5H,1-3H3. The van der Waals surface area contributed by atoms with Crippen molar-refractivity contribution in [3.63, 3.8) is 0 Å². The fraction of sp³-hybridized carbons (Fsp3) is 0.375. The zero-order chi connectivity index (χ0) is 9.35. The Hall–Kier alpha value is -0.413. The van der Waals surface area contributed by atoms with Gasteiger partial charge in [0.05, 0.1) is 13.1 Å². The Kier molecular flexibility index (Phi) is 2.54. The van der Waals surface area contributed by atoms with E-state index in [1.807, 2.05) is 0 Å². The van der Waals surface area contributed by atoms with Crippen molar-refractivity contribution in [1.82, 2.24) is 4.98 Å². The van der Waals surface area contributed by atoms with Gasteiger partial charge in [-0.1, -0.05) is 31.2 Å². The SMILES string of the molecule is C[Si](C)(C)c1cc(Cl)cnc1F. The maximum absolute atomic E-state index is 13.1. The number of nitrogens with zero attached hydrogens (tertiary/aromatic N) is 1. The lowest BCUT2D eigenvalue weighted by atomic mass is 10.5. The fourth-order valence-electron chi connectivity index (χ4n) is 0.949. The monoisotopic (exact) mass is 203 g/mol. The van der Waals surface area contributed by atoms with Crippen LogP contribution in [0.4, 0.5) is 4.39 Å². The molecule has 1 aromatic heterocycles. The van der Waals surface area contributed by atoms with Crippen molar-refractivity contribution in [3.05, 3.63) is 23.2 Å². The molecule has 0 N–H and O–H groups in total. The van der Waals surface area contributed by atoms with Gasteiger partial charge in [-0.3, -0.25) is 0 Å². The summed E-state index contributed by atoms with van der Waals surface area (Å²) in [4.78, 5) is 3.58. The van der Waals surface area contributed by atoms with Crippen LogP contribution >= 0.6 is 11.6 Å². The van der Waals surface area contributed by atoms with Crippen molar-refractivity contribution in [2.24, 2.45) is 0 Å². The molecule has 0 aliphatic rings. The molecule has 0 amide bonds. The molecule has 1 nitrogen and oxygen atoms in total. The van der Waals surface area contributed by atoms with Crippen LogP contribution in [-0.4, -0.2) is 13.1 Å². The van der Waals surface area contributed by atoms with E-state index in [9.17, 15) is 4.39 Å². The molecule has 66 valence electrons. The van der Waals surface area contributed by atoms with Crippen molar-refractivity contribution in [2.75, 3.05) is 0 Å². The van der Waals surface area contributed by atoms with Gasteiger partial charge in [-0.15, -0.1) is 0 Å². The molecule has 0 fully saturated rings. The summed E-state index contributed by atoms with van der Waals surface area (Å²) in [7, 11) is -1.63. The summed E-state index contributed by atoms with van der Waals surface area (Å²) in [5.41, 5.74) is 0. The van der Waals surface area contributed by atoms with E-state index in [2.05, 4.69) is 24.6 Å². The molecule has 1 rings (SSSR count). The van der Waals surface area contributed by atoms with Crippen LogP contribution in [0.3, 0.4) is 0 Å². The highest BCUT2D eigenvalue weighted by Crippen LogP contribution is 2.09. The second-order valence-electron chi connectivity index (χ2n) is 3.74. The van der Waals surface area contributed by atoms with Crippen LogP contribution < -0.4 is 5.19 Å². The zero-order valence-electron chi connectivity index (χ0n) is 7.36. The highest BCUT2D eigenvalue weighted by atomic mass is 35.5. The van der Waals surface area contributed by atoms with Crippen LogP contribution in [0.15, 0.2) is 12.3 Å². The van der Waals surface area contributed by atoms with E-state index in [1.165, 1.54) is 6.20 Å². The quantitative estimate of drug-likeness (QED) is 0.505. The van der Waals surface area contributed by atoms with Crippen LogP contribution in [0.1, 0.15) is 0 Å². The highest BCUT2D eigenvalue weighted by Gasteiger charge is 2.21. The molecule has 0 aliphatic carbocycles. The number of hydrogen-bond donors (Lipinski definition) is 0. The Morgan fingerprint density at radius 1 is 1.42 bits per heavy atom. The molecule has 1 aromatic rings. The molecule has 0 atom stereocenters. The third-order valence-electron chi connectivity index (χ3n) is 1.61. The summed E-state index contributed by atoms with van der Waals surface area (Å²) < 4.78 is 13.1. The topological polar surface area (TPSA) is 12.9 Å². The third-order valence-corrected chi connectivity index (χ3v) is 3.79. The summed E-state index contributed by atoms with van der Waals surface area (Å²) in [5.74, 6) is -0.376. The van der Waals surface area contributed by atoms with Gasteiger partial charge in [-0.2, -0.15) is 4.39 Å². The molecule has 0 aliphatic heterocycles. The Labute approximate surface area is 77.6 Å². The van der Waals surface area contributed by atoms with Gasteiger partial charge >= 0.3 is 0 Å². The summed E-state index contributed by atoms with van der Waals surface area (Å²) in [5, 5.41) is 1.20. The first-order valence-electron chi connectivity index (χ1n) is 3.73. The fourth-order valence-corrected chi connectivity index (χ4v) is 2.47. The van der Waals surface area contributed by atoms with E-state index in [0.29, 0.717) is 10.2 Å². The van der Waals surface area contributed by atoms with Gasteiger partial charge in [0, 0.05) is 6.20 Å². The molecular formula is C8H11ClFNSi. The predicted octanol–water partition coefficient (Wildman–Crippen LogP) is 2.42. The van der Waals surface area contributed by atoms with Crippen molar-refractivity contribution in [2.45, 2.75) is 19.6 Å². The van der Waals surface area contributed by atoms with Crippen LogP contribution in [-0.2, 0) is 0 Å². The van der Waals surface area contributed by atoms with Crippen molar-refractivity contribution >= 4 is 24.9 Å². The molecule has 0 bridgehead atoms. The number of halogens is 2. The summed E-state index contributed by atoms with van der Waals surface area (Å²) in [6.07, 6.45) is 1.33. The van der Waals surface area contributed by atoms with E-state index in [1.54, 1.807) is 6.07 Å². The van der Waals surface area contributed by atoms with Gasteiger partial charge in [0.2, 0.25) is 5.95 Å². The van der Waals surface area contributed by atoms with Gasteiger partial charge in [0.1, 0.15) is 0 Å². The van der Waals surface area contributed by atoms with Gasteiger partial charge < -0.3 is 0 Å². The predicted molar refractivity (Wildman–Crippen MR) is 52.2 cm³/mol. The largest absolute Gasteiger partial charge is 0.227 e. The van der Waals surface area contributed by atoms with Gasteiger partial charge in [-0.05, 0) is 11.3 Å². The molecule has 0 saturated heterocycles. The van der Waals surface area contributed by atoms with E-state index in [0.717, 1.165) is 0 Å². The minimum Gasteiger partial charge on any atom is -0.227 e. The summed E-state index contributed by atoms with van der Waals surface area (Å²) in [6, 6.07) is 1.68. The Bertz CT molecular complexity index is 296. The molecule has 0 unspecified atom stereocenters. The molecule has 0 saturated carbocycles. The summed E-state index contributed by atoms with van der Waals surface area (Å²) >= 11 is 5.72. The average Bonchev–Trinajstić information content (AvgIpc) is 1.92. The van der Waals surface area contributed by atoms with Gasteiger partial charge in [0.25, 0.3) is 0 Å². The number of hydrogen-bond acceptors (Lipinski definition) is 1. The maximum Gasteiger partial charge on any atom is 0.212 e. The first-order chi connectivity index (χ1) is 5.41. The average molecular weight is 204 g/mol. The number of aromatic nitrogens is 1. The van der Waals surface area contributed by atoms with E-state index in [4.69, 9.17) is 11.6 Å². The minimum atomic E-state index is -1.63. The second kappa shape index (κ2) is 3.15. The highest BCUT2D eigenvalue weighted by molar-refractivity contribution is 6.88. The van der Waals surface area contributed by atoms with E-state index < -0.39 is 8.07 Å². The van der Waals surface area contributed by atoms with Crippen LogP contribution in [0.25, 0.3) is 0 Å². The van der Waals surface area contributed by atoms with Gasteiger partial charge in [0.15, 0.2) is 0 Å². The molecule has 12 heavy (non-hydrogen) atoms. The maximum atomic E-state index is 13.1. The van der Waals surface area contributed by atoms with Crippen molar-refractivity contribution < 1.29 is 4.39 Å². The normalized spacial score (nSPS) is 11.8. The first-order valence-corrected chi connectivity index (χ1v) is 7.60. The molecular weight excluding hydrogens is 193 g/mol. The number of pyridine rings is 1.